The average Bonchev–Trinajstić information content (AvgIpc) is 1.84. The Morgan fingerprint density at radius 2 is 2.40 bits per heavy atom. The van der Waals surface area contributed by atoms with E-state index < -0.39 is 6.03 Å². The monoisotopic (exact) mass is 160 g/mol. The third-order valence-electron chi connectivity index (χ3n) is 1.11. The van der Waals surface area contributed by atoms with Crippen LogP contribution in [0.1, 0.15) is 6.92 Å². The van der Waals surface area contributed by atoms with E-state index in [1.807, 2.05) is 0 Å². The van der Waals surface area contributed by atoms with E-state index in [2.05, 4.69) is 17.8 Å². The summed E-state index contributed by atoms with van der Waals surface area (Å²) in [5, 5.41) is 0. The zero-order chi connectivity index (χ0) is 7.72. The quantitative estimate of drug-likeness (QED) is 0.413. The smallest absolute Gasteiger partial charge is 0.243 e. The maximum Gasteiger partial charge on any atom is 0.582 e. The second-order valence-corrected chi connectivity index (χ2v) is 2.34. The number of hydrogen-bond acceptors (Lipinski definition) is 4. The molecule has 1 heterocycles. The maximum atomic E-state index is 10.5. The van der Waals surface area contributed by atoms with Crippen molar-refractivity contribution >= 4 is 24.7 Å². The molecule has 1 rings (SSSR count). The molecule has 0 N–H and O–H groups in total. The standard InChI is InChI=1S/C4H6N3O2S/c1-3-5-4(8)6(9)2-7(3)10/h10H,2H2,1H3/q+1. The van der Waals surface area contributed by atoms with Crippen LogP contribution >= 0.6 is 12.8 Å². The normalized spacial score (nSPS) is 19.4. The third kappa shape index (κ3) is 1.15. The molecule has 0 bridgehead atoms. The highest BCUT2D eigenvalue weighted by molar-refractivity contribution is 7.78. The van der Waals surface area contributed by atoms with Gasteiger partial charge in [0.1, 0.15) is 0 Å². The van der Waals surface area contributed by atoms with Gasteiger partial charge in [0.05, 0.1) is 0 Å². The lowest BCUT2D eigenvalue weighted by Gasteiger charge is -2.10. The molecule has 0 saturated heterocycles. The van der Waals surface area contributed by atoms with Crippen molar-refractivity contribution in [3.05, 3.63) is 4.91 Å². The minimum Gasteiger partial charge on any atom is -0.243 e. The lowest BCUT2D eigenvalue weighted by molar-refractivity contribution is -0.463. The zero-order valence-corrected chi connectivity index (χ0v) is 6.21. The van der Waals surface area contributed by atoms with Gasteiger partial charge in [-0.3, -0.25) is 0 Å². The molecular weight excluding hydrogens is 154 g/mol. The van der Waals surface area contributed by atoms with Crippen molar-refractivity contribution in [3.63, 3.8) is 0 Å². The van der Waals surface area contributed by atoms with E-state index in [-0.39, 0.29) is 11.4 Å². The molecule has 6 heteroatoms. The van der Waals surface area contributed by atoms with E-state index in [4.69, 9.17) is 0 Å². The molecule has 0 radical (unpaired) electrons. The van der Waals surface area contributed by atoms with Crippen molar-refractivity contribution in [2.45, 2.75) is 6.92 Å². The Morgan fingerprint density at radius 3 is 2.90 bits per heavy atom. The number of aliphatic imine (C=N–C) groups is 1. The van der Waals surface area contributed by atoms with E-state index >= 15 is 0 Å². The second-order valence-electron chi connectivity index (χ2n) is 1.86. The Labute approximate surface area is 62.8 Å². The van der Waals surface area contributed by atoms with Crippen LogP contribution in [0.2, 0.25) is 0 Å². The summed E-state index contributed by atoms with van der Waals surface area (Å²) in [5.74, 6) is 0.445. The predicted octanol–water partition coefficient (Wildman–Crippen LogP) is 0.422. The van der Waals surface area contributed by atoms with E-state index in [1.54, 1.807) is 6.92 Å². The minimum absolute atomic E-state index is 0.0583. The molecule has 0 unspecified atom stereocenters. The van der Waals surface area contributed by atoms with Gasteiger partial charge in [0.2, 0.25) is 12.5 Å². The van der Waals surface area contributed by atoms with Crippen molar-refractivity contribution in [1.29, 1.82) is 0 Å². The van der Waals surface area contributed by atoms with Crippen molar-refractivity contribution in [2.24, 2.45) is 4.99 Å². The highest BCUT2D eigenvalue weighted by Crippen LogP contribution is 2.03. The number of nitrogens with zero attached hydrogens (tertiary/aromatic N) is 3. The Balaban J connectivity index is 2.89. The summed E-state index contributed by atoms with van der Waals surface area (Å²) < 4.78 is 1.54. The Bertz CT molecular complexity index is 225. The molecule has 0 fully saturated rings. The van der Waals surface area contributed by atoms with Crippen molar-refractivity contribution in [1.82, 2.24) is 4.31 Å². The summed E-state index contributed by atoms with van der Waals surface area (Å²) in [6.07, 6.45) is 0. The molecule has 1 aliphatic heterocycles. The fourth-order valence-corrected chi connectivity index (χ4v) is 0.696. The first kappa shape index (κ1) is 7.20. The molecule has 2 amide bonds. The highest BCUT2D eigenvalue weighted by atomic mass is 32.1. The molecule has 0 aromatic rings. The van der Waals surface area contributed by atoms with Gasteiger partial charge >= 0.3 is 6.03 Å². The van der Waals surface area contributed by atoms with Crippen LogP contribution in [0.25, 0.3) is 0 Å². The summed E-state index contributed by atoms with van der Waals surface area (Å²) in [5.41, 5.74) is 0. The van der Waals surface area contributed by atoms with Crippen LogP contribution in [-0.2, 0) is 0 Å². The number of carbonyl (C=O) groups is 1. The first-order chi connectivity index (χ1) is 4.61. The van der Waals surface area contributed by atoms with Crippen LogP contribution < -0.4 is 0 Å². The van der Waals surface area contributed by atoms with Crippen molar-refractivity contribution < 1.29 is 9.55 Å². The van der Waals surface area contributed by atoms with E-state index in [0.717, 1.165) is 0 Å². The summed E-state index contributed by atoms with van der Waals surface area (Å²) >= 11 is 3.86. The van der Waals surface area contributed by atoms with Gasteiger partial charge in [-0.1, -0.05) is 17.7 Å². The lowest BCUT2D eigenvalue weighted by atomic mass is 10.6. The summed E-state index contributed by atoms with van der Waals surface area (Å²) in [6.45, 7) is 1.55. The first-order valence-corrected chi connectivity index (χ1v) is 3.01. The Kier molecular flexibility index (Phi) is 1.71. The number of amides is 2. The first-order valence-electron chi connectivity index (χ1n) is 2.61. The van der Waals surface area contributed by atoms with Crippen LogP contribution in [0.3, 0.4) is 0 Å². The fraction of sp³-hybridized carbons (Fsp3) is 0.500. The van der Waals surface area contributed by atoms with Gasteiger partial charge in [0.25, 0.3) is 0 Å². The molecule has 54 valence electrons. The van der Waals surface area contributed by atoms with Gasteiger partial charge in [-0.05, 0) is 0 Å². The second kappa shape index (κ2) is 2.37. The van der Waals surface area contributed by atoms with E-state index in [9.17, 15) is 9.70 Å². The highest BCUT2D eigenvalue weighted by Gasteiger charge is 2.30. The maximum absolute atomic E-state index is 10.5. The molecule has 1 aliphatic rings. The third-order valence-corrected chi connectivity index (χ3v) is 1.52. The Hall–Kier alpha value is -0.910. The van der Waals surface area contributed by atoms with E-state index in [1.165, 1.54) is 4.31 Å². The predicted molar refractivity (Wildman–Crippen MR) is 37.8 cm³/mol. The molecule has 10 heavy (non-hydrogen) atoms. The van der Waals surface area contributed by atoms with Crippen LogP contribution in [0.15, 0.2) is 4.99 Å². The van der Waals surface area contributed by atoms with Gasteiger partial charge in [-0.25, -0.2) is 4.31 Å². The average molecular weight is 160 g/mol. The topological polar surface area (TPSA) is 52.8 Å². The molecule has 5 nitrogen and oxygen atoms in total. The Morgan fingerprint density at radius 1 is 1.80 bits per heavy atom. The van der Waals surface area contributed by atoms with Crippen LogP contribution in [0.4, 0.5) is 4.79 Å². The number of urea groups is 1. The van der Waals surface area contributed by atoms with Crippen molar-refractivity contribution in [2.75, 3.05) is 6.67 Å². The number of amidine groups is 1. The van der Waals surface area contributed by atoms with E-state index in [0.29, 0.717) is 5.84 Å². The number of thiol groups is 1. The molecule has 0 aromatic heterocycles. The van der Waals surface area contributed by atoms with Crippen LogP contribution in [0, 0.1) is 4.91 Å². The summed E-state index contributed by atoms with van der Waals surface area (Å²) in [6, 6.07) is -0.761. The van der Waals surface area contributed by atoms with Gasteiger partial charge in [-0.15, -0.1) is 0 Å². The van der Waals surface area contributed by atoms with Crippen LogP contribution in [-0.4, -0.2) is 27.6 Å². The van der Waals surface area contributed by atoms with Gasteiger partial charge in [-0.2, -0.15) is 4.79 Å². The minimum atomic E-state index is -0.761. The summed E-state index contributed by atoms with van der Waals surface area (Å²) in [4.78, 5) is 24.4. The zero-order valence-electron chi connectivity index (χ0n) is 5.31. The molecular formula is C4H6N3O2S+. The number of rotatable bonds is 0. The molecule has 0 atom stereocenters. The molecule has 0 aliphatic carbocycles. The van der Waals surface area contributed by atoms with Crippen LogP contribution in [0.5, 0.6) is 0 Å². The fourth-order valence-electron chi connectivity index (χ4n) is 0.536. The van der Waals surface area contributed by atoms with Gasteiger partial charge in [0.15, 0.2) is 0 Å². The molecule has 0 aromatic carbocycles. The number of carbonyl (C=O) groups excluding carboxylic acids is 1. The van der Waals surface area contributed by atoms with Gasteiger partial charge < -0.3 is 0 Å². The largest absolute Gasteiger partial charge is 0.582 e. The van der Waals surface area contributed by atoms with Crippen molar-refractivity contribution in [3.8, 4) is 0 Å². The summed E-state index contributed by atoms with van der Waals surface area (Å²) in [7, 11) is 0. The van der Waals surface area contributed by atoms with Gasteiger partial charge in [0, 0.05) is 16.7 Å². The SMILES string of the molecule is CC1=NC(=O)[N+](=O)CN1S. The number of hydrogen-bond donors (Lipinski definition) is 1. The molecule has 0 spiro atoms. The number of nitroso groups, excluding NO2 is 1. The molecule has 0 saturated carbocycles. The lowest BCUT2D eigenvalue weighted by Crippen LogP contribution is -2.35.